The summed E-state index contributed by atoms with van der Waals surface area (Å²) in [7, 11) is 0. The molecule has 1 aromatic heterocycles. The number of ether oxygens (including phenoxy) is 1. The minimum absolute atomic E-state index is 0.0243. The number of fused-ring (bicyclic) bond motifs is 2. The summed E-state index contributed by atoms with van der Waals surface area (Å²) >= 11 is 3.40. The first-order valence-electron chi connectivity index (χ1n) is 6.89. The molecule has 0 saturated carbocycles. The van der Waals surface area contributed by atoms with E-state index in [4.69, 9.17) is 9.15 Å². The molecule has 0 atom stereocenters. The predicted molar refractivity (Wildman–Crippen MR) is 88.2 cm³/mol. The highest BCUT2D eigenvalue weighted by Gasteiger charge is 2.13. The van der Waals surface area contributed by atoms with Gasteiger partial charge in [-0.25, -0.2) is 0 Å². The molecule has 0 N–H and O–H groups in total. The highest BCUT2D eigenvalue weighted by molar-refractivity contribution is 9.10. The predicted octanol–water partition coefficient (Wildman–Crippen LogP) is 4.81. The summed E-state index contributed by atoms with van der Waals surface area (Å²) in [5.74, 6) is 0.630. The van der Waals surface area contributed by atoms with Crippen LogP contribution in [0.15, 0.2) is 44.0 Å². The van der Waals surface area contributed by atoms with Crippen LogP contribution < -0.4 is 10.2 Å². The maximum Gasteiger partial charge on any atom is 0.200 e. The zero-order valence-corrected chi connectivity index (χ0v) is 13.5. The Balaban J connectivity index is 2.39. The van der Waals surface area contributed by atoms with E-state index in [2.05, 4.69) is 15.9 Å². The van der Waals surface area contributed by atoms with Crippen molar-refractivity contribution in [1.82, 2.24) is 0 Å². The Morgan fingerprint density at radius 2 is 2.00 bits per heavy atom. The average molecular weight is 347 g/mol. The van der Waals surface area contributed by atoms with Crippen LogP contribution in [0.5, 0.6) is 5.75 Å². The quantitative estimate of drug-likeness (QED) is 0.639. The molecule has 0 radical (unpaired) electrons. The van der Waals surface area contributed by atoms with E-state index in [1.807, 2.05) is 32.0 Å². The molecule has 0 amide bonds. The Hall–Kier alpha value is -1.81. The SMILES string of the molecule is CCCOc1cc(C)cc2c(=O)c3ccc(Br)cc3oc12. The molecule has 0 saturated heterocycles. The third-order valence-corrected chi connectivity index (χ3v) is 3.80. The first kappa shape index (κ1) is 14.1. The topological polar surface area (TPSA) is 39.4 Å². The highest BCUT2D eigenvalue weighted by Crippen LogP contribution is 2.29. The van der Waals surface area contributed by atoms with Crippen LogP contribution in [0, 0.1) is 6.92 Å². The average Bonchev–Trinajstić information content (AvgIpc) is 2.46. The lowest BCUT2D eigenvalue weighted by Crippen LogP contribution is -2.04. The number of halogens is 1. The molecule has 0 fully saturated rings. The first-order valence-corrected chi connectivity index (χ1v) is 7.69. The summed E-state index contributed by atoms with van der Waals surface area (Å²) in [6, 6.07) is 9.18. The van der Waals surface area contributed by atoms with E-state index in [1.54, 1.807) is 12.1 Å². The molecule has 108 valence electrons. The number of aryl methyl sites for hydroxylation is 1. The van der Waals surface area contributed by atoms with E-state index >= 15 is 0 Å². The van der Waals surface area contributed by atoms with Crippen LogP contribution in [-0.2, 0) is 0 Å². The molecule has 0 aliphatic rings. The first-order chi connectivity index (χ1) is 10.1. The van der Waals surface area contributed by atoms with Gasteiger partial charge < -0.3 is 9.15 Å². The van der Waals surface area contributed by atoms with Gasteiger partial charge >= 0.3 is 0 Å². The third-order valence-electron chi connectivity index (χ3n) is 3.31. The standard InChI is InChI=1S/C17H15BrO3/c1-3-6-20-15-8-10(2)7-13-16(19)12-5-4-11(18)9-14(12)21-17(13)15/h4-5,7-9H,3,6H2,1-2H3. The second kappa shape index (κ2) is 5.53. The Labute approximate surface area is 130 Å². The van der Waals surface area contributed by atoms with Crippen LogP contribution in [0.1, 0.15) is 18.9 Å². The van der Waals surface area contributed by atoms with Crippen molar-refractivity contribution in [3.8, 4) is 5.75 Å². The largest absolute Gasteiger partial charge is 0.490 e. The molecule has 3 rings (SSSR count). The molecular formula is C17H15BrO3. The summed E-state index contributed by atoms with van der Waals surface area (Å²) in [6.45, 7) is 4.59. The fourth-order valence-corrected chi connectivity index (χ4v) is 2.70. The van der Waals surface area contributed by atoms with Crippen molar-refractivity contribution in [2.75, 3.05) is 6.61 Å². The van der Waals surface area contributed by atoms with Gasteiger partial charge in [-0.15, -0.1) is 0 Å². The van der Waals surface area contributed by atoms with Gasteiger partial charge in [0.1, 0.15) is 5.58 Å². The summed E-state index contributed by atoms with van der Waals surface area (Å²) in [6.07, 6.45) is 0.902. The summed E-state index contributed by atoms with van der Waals surface area (Å²) < 4.78 is 12.6. The second-order valence-corrected chi connectivity index (χ2v) is 5.98. The Kier molecular flexibility index (Phi) is 3.72. The van der Waals surface area contributed by atoms with Gasteiger partial charge in [-0.05, 0) is 49.2 Å². The van der Waals surface area contributed by atoms with E-state index in [0.29, 0.717) is 34.3 Å². The Bertz CT molecular complexity index is 880. The summed E-state index contributed by atoms with van der Waals surface area (Å²) in [4.78, 5) is 12.6. The summed E-state index contributed by atoms with van der Waals surface area (Å²) in [5, 5.41) is 1.15. The van der Waals surface area contributed by atoms with Crippen molar-refractivity contribution in [3.05, 3.63) is 50.6 Å². The molecule has 2 aromatic carbocycles. The van der Waals surface area contributed by atoms with E-state index in [0.717, 1.165) is 16.5 Å². The zero-order chi connectivity index (χ0) is 15.0. The van der Waals surface area contributed by atoms with Gasteiger partial charge in [-0.2, -0.15) is 0 Å². The van der Waals surface area contributed by atoms with Crippen LogP contribution >= 0.6 is 15.9 Å². The van der Waals surface area contributed by atoms with Gasteiger partial charge in [0.15, 0.2) is 11.3 Å². The molecule has 21 heavy (non-hydrogen) atoms. The van der Waals surface area contributed by atoms with Gasteiger partial charge in [0.25, 0.3) is 0 Å². The monoisotopic (exact) mass is 346 g/mol. The van der Waals surface area contributed by atoms with Crippen molar-refractivity contribution in [2.45, 2.75) is 20.3 Å². The van der Waals surface area contributed by atoms with Crippen molar-refractivity contribution in [1.29, 1.82) is 0 Å². The Morgan fingerprint density at radius 3 is 2.76 bits per heavy atom. The molecule has 3 nitrogen and oxygen atoms in total. The van der Waals surface area contributed by atoms with Gasteiger partial charge in [0.2, 0.25) is 5.43 Å². The van der Waals surface area contributed by atoms with Crippen molar-refractivity contribution < 1.29 is 9.15 Å². The normalized spacial score (nSPS) is 11.2. The molecule has 3 aromatic rings. The van der Waals surface area contributed by atoms with Crippen LogP contribution in [0.3, 0.4) is 0 Å². The van der Waals surface area contributed by atoms with Crippen molar-refractivity contribution in [2.24, 2.45) is 0 Å². The van der Waals surface area contributed by atoms with Crippen molar-refractivity contribution in [3.63, 3.8) is 0 Å². The third kappa shape index (κ3) is 2.56. The van der Waals surface area contributed by atoms with Crippen LogP contribution in [-0.4, -0.2) is 6.61 Å². The molecule has 4 heteroatoms. The van der Waals surface area contributed by atoms with Gasteiger partial charge in [0, 0.05) is 4.47 Å². The highest BCUT2D eigenvalue weighted by atomic mass is 79.9. The zero-order valence-electron chi connectivity index (χ0n) is 11.9. The number of hydrogen-bond donors (Lipinski definition) is 0. The second-order valence-electron chi connectivity index (χ2n) is 5.06. The Morgan fingerprint density at radius 1 is 1.19 bits per heavy atom. The maximum absolute atomic E-state index is 12.6. The van der Waals surface area contributed by atoms with Crippen LogP contribution in [0.4, 0.5) is 0 Å². The molecule has 0 bridgehead atoms. The fraction of sp³-hybridized carbons (Fsp3) is 0.235. The van der Waals surface area contributed by atoms with E-state index in [-0.39, 0.29) is 5.43 Å². The van der Waals surface area contributed by atoms with Crippen LogP contribution in [0.25, 0.3) is 21.9 Å². The number of rotatable bonds is 3. The lowest BCUT2D eigenvalue weighted by Gasteiger charge is -2.10. The van der Waals surface area contributed by atoms with Crippen molar-refractivity contribution >= 4 is 37.9 Å². The van der Waals surface area contributed by atoms with Gasteiger partial charge in [0.05, 0.1) is 17.4 Å². The van der Waals surface area contributed by atoms with Gasteiger partial charge in [-0.1, -0.05) is 22.9 Å². The maximum atomic E-state index is 12.6. The van der Waals surface area contributed by atoms with Crippen LogP contribution in [0.2, 0.25) is 0 Å². The summed E-state index contributed by atoms with van der Waals surface area (Å²) in [5.41, 5.74) is 2.04. The smallest absolute Gasteiger partial charge is 0.200 e. The minimum atomic E-state index is -0.0243. The molecule has 0 aliphatic carbocycles. The molecule has 0 spiro atoms. The van der Waals surface area contributed by atoms with Gasteiger partial charge in [-0.3, -0.25) is 4.79 Å². The molecule has 0 aliphatic heterocycles. The number of hydrogen-bond acceptors (Lipinski definition) is 3. The van der Waals surface area contributed by atoms with E-state index in [1.165, 1.54) is 0 Å². The van der Waals surface area contributed by atoms with E-state index < -0.39 is 0 Å². The molecule has 1 heterocycles. The van der Waals surface area contributed by atoms with E-state index in [9.17, 15) is 4.79 Å². The lowest BCUT2D eigenvalue weighted by atomic mass is 10.1. The number of benzene rings is 2. The molecular weight excluding hydrogens is 332 g/mol. The minimum Gasteiger partial charge on any atom is -0.490 e. The lowest BCUT2D eigenvalue weighted by molar-refractivity contribution is 0.316. The molecule has 0 unspecified atom stereocenters. The fourth-order valence-electron chi connectivity index (χ4n) is 2.36.